The largest absolute Gasteiger partial charge is 0.382 e. The molecule has 0 aliphatic carbocycles. The Bertz CT molecular complexity index is 754. The molecule has 4 rings (SSSR count). The maximum atomic E-state index is 12.8. The van der Waals surface area contributed by atoms with E-state index in [4.69, 9.17) is 4.74 Å². The molecule has 1 atom stereocenters. The number of pyridine rings is 1. The van der Waals surface area contributed by atoms with Crippen LogP contribution in [0.1, 0.15) is 23.3 Å². The molecule has 2 saturated heterocycles. The van der Waals surface area contributed by atoms with Crippen LogP contribution in [0, 0.1) is 0 Å². The molecule has 3 heterocycles. The molecule has 6 heteroatoms. The normalized spacial score (nSPS) is 19.9. The van der Waals surface area contributed by atoms with E-state index < -0.39 is 0 Å². The zero-order chi connectivity index (χ0) is 18.5. The zero-order valence-electron chi connectivity index (χ0n) is 15.5. The lowest BCUT2D eigenvalue weighted by Gasteiger charge is -2.36. The molecule has 1 amide bonds. The van der Waals surface area contributed by atoms with E-state index in [2.05, 4.69) is 27.3 Å². The molecule has 1 unspecified atom stereocenters. The lowest BCUT2D eigenvalue weighted by molar-refractivity contribution is 0.0741. The monoisotopic (exact) mass is 366 g/mol. The summed E-state index contributed by atoms with van der Waals surface area (Å²) in [7, 11) is 0. The van der Waals surface area contributed by atoms with Crippen molar-refractivity contribution in [2.24, 2.45) is 0 Å². The predicted molar refractivity (Wildman–Crippen MR) is 106 cm³/mol. The van der Waals surface area contributed by atoms with Crippen LogP contribution in [0.5, 0.6) is 0 Å². The Hall–Kier alpha value is -2.60. The first-order valence-corrected chi connectivity index (χ1v) is 9.70. The van der Waals surface area contributed by atoms with Gasteiger partial charge in [-0.05, 0) is 37.1 Å². The molecule has 6 nitrogen and oxygen atoms in total. The highest BCUT2D eigenvalue weighted by Gasteiger charge is 2.23. The van der Waals surface area contributed by atoms with Crippen molar-refractivity contribution in [2.45, 2.75) is 18.9 Å². The number of hydrogen-bond acceptors (Lipinski definition) is 5. The fourth-order valence-electron chi connectivity index (χ4n) is 3.66. The van der Waals surface area contributed by atoms with Crippen LogP contribution in [0.4, 0.5) is 11.4 Å². The first-order chi connectivity index (χ1) is 13.3. The second-order valence-electron chi connectivity index (χ2n) is 7.06. The summed E-state index contributed by atoms with van der Waals surface area (Å²) in [6.07, 6.45) is 4.19. The minimum absolute atomic E-state index is 0.00322. The minimum atomic E-state index is 0.00322. The Labute approximate surface area is 160 Å². The van der Waals surface area contributed by atoms with E-state index in [1.165, 1.54) is 5.69 Å². The highest BCUT2D eigenvalue weighted by atomic mass is 16.5. The number of hydrogen-bond donors (Lipinski definition) is 1. The summed E-state index contributed by atoms with van der Waals surface area (Å²) in [5.74, 6) is 0.00322. The second-order valence-corrected chi connectivity index (χ2v) is 7.06. The van der Waals surface area contributed by atoms with Crippen LogP contribution in [0.15, 0.2) is 48.7 Å². The Kier molecular flexibility index (Phi) is 5.53. The van der Waals surface area contributed by atoms with Gasteiger partial charge in [0.25, 0.3) is 5.91 Å². The summed E-state index contributed by atoms with van der Waals surface area (Å²) in [5, 5.41) is 3.37. The summed E-state index contributed by atoms with van der Waals surface area (Å²) in [4.78, 5) is 21.4. The first-order valence-electron chi connectivity index (χ1n) is 9.70. The number of carbonyl (C=O) groups excluding carboxylic acids is 1. The highest BCUT2D eigenvalue weighted by molar-refractivity contribution is 5.93. The van der Waals surface area contributed by atoms with Crippen molar-refractivity contribution >= 4 is 17.3 Å². The van der Waals surface area contributed by atoms with E-state index in [9.17, 15) is 4.79 Å². The molecular weight excluding hydrogens is 340 g/mol. The fraction of sp³-hybridized carbons (Fsp3) is 0.429. The molecule has 2 aliphatic heterocycles. The van der Waals surface area contributed by atoms with E-state index in [-0.39, 0.29) is 12.0 Å². The van der Waals surface area contributed by atoms with Crippen molar-refractivity contribution in [3.8, 4) is 0 Å². The van der Waals surface area contributed by atoms with Crippen LogP contribution in [0.25, 0.3) is 0 Å². The Morgan fingerprint density at radius 1 is 1.15 bits per heavy atom. The maximum Gasteiger partial charge on any atom is 0.272 e. The van der Waals surface area contributed by atoms with Crippen LogP contribution in [0.3, 0.4) is 0 Å². The fourth-order valence-corrected chi connectivity index (χ4v) is 3.66. The van der Waals surface area contributed by atoms with Crippen LogP contribution in [-0.2, 0) is 4.74 Å². The lowest BCUT2D eigenvalue weighted by Crippen LogP contribution is -2.49. The number of amides is 1. The van der Waals surface area contributed by atoms with Gasteiger partial charge in [-0.15, -0.1) is 0 Å². The van der Waals surface area contributed by atoms with E-state index >= 15 is 0 Å². The number of nitrogens with zero attached hydrogens (tertiary/aromatic N) is 3. The Morgan fingerprint density at radius 3 is 2.70 bits per heavy atom. The number of carbonyl (C=O) groups is 1. The number of nitrogens with one attached hydrogen (secondary N) is 1. The van der Waals surface area contributed by atoms with Crippen molar-refractivity contribution in [3.63, 3.8) is 0 Å². The lowest BCUT2D eigenvalue weighted by atomic mass is 10.2. The van der Waals surface area contributed by atoms with Crippen LogP contribution < -0.4 is 10.2 Å². The molecule has 142 valence electrons. The van der Waals surface area contributed by atoms with Gasteiger partial charge in [-0.25, -0.2) is 0 Å². The first kappa shape index (κ1) is 17.8. The number of ether oxygens (including phenoxy) is 1. The van der Waals surface area contributed by atoms with Gasteiger partial charge in [0.15, 0.2) is 0 Å². The van der Waals surface area contributed by atoms with Gasteiger partial charge in [0.1, 0.15) is 5.69 Å². The molecule has 2 fully saturated rings. The van der Waals surface area contributed by atoms with Gasteiger partial charge >= 0.3 is 0 Å². The molecule has 0 radical (unpaired) electrons. The third-order valence-corrected chi connectivity index (χ3v) is 5.23. The molecular formula is C21H26N4O2. The molecule has 1 N–H and O–H groups in total. The van der Waals surface area contributed by atoms with Gasteiger partial charge in [-0.2, -0.15) is 0 Å². The Balaban J connectivity index is 1.33. The van der Waals surface area contributed by atoms with Crippen LogP contribution >= 0.6 is 0 Å². The zero-order valence-corrected chi connectivity index (χ0v) is 15.5. The van der Waals surface area contributed by atoms with Crippen molar-refractivity contribution in [1.82, 2.24) is 9.88 Å². The quantitative estimate of drug-likeness (QED) is 0.882. The second kappa shape index (κ2) is 8.39. The average molecular weight is 366 g/mol. The number of anilines is 2. The molecule has 0 saturated carbocycles. The van der Waals surface area contributed by atoms with Crippen molar-refractivity contribution in [3.05, 3.63) is 54.4 Å². The molecule has 0 spiro atoms. The third kappa shape index (κ3) is 4.39. The maximum absolute atomic E-state index is 12.8. The van der Waals surface area contributed by atoms with E-state index in [1.807, 2.05) is 35.2 Å². The third-order valence-electron chi connectivity index (χ3n) is 5.23. The van der Waals surface area contributed by atoms with Crippen molar-refractivity contribution in [2.75, 3.05) is 49.5 Å². The molecule has 0 bridgehead atoms. The number of aromatic nitrogens is 1. The molecule has 2 aliphatic rings. The van der Waals surface area contributed by atoms with E-state index in [1.54, 1.807) is 6.20 Å². The van der Waals surface area contributed by atoms with Gasteiger partial charge in [-0.3, -0.25) is 9.78 Å². The smallest absolute Gasteiger partial charge is 0.272 e. The standard InChI is InChI=1S/C21H26N4O2/c26-21(25-12-10-24(11-13-25)18-5-2-1-3-6-18)20-15-17(8-9-22-20)23-16-19-7-4-14-27-19/h1-3,5-6,8-9,15,19H,4,7,10-14,16H2,(H,22,23). The summed E-state index contributed by atoms with van der Waals surface area (Å²) in [6.45, 7) is 4.72. The molecule has 1 aromatic heterocycles. The van der Waals surface area contributed by atoms with Crippen LogP contribution in [-0.4, -0.2) is 61.2 Å². The summed E-state index contributed by atoms with van der Waals surface area (Å²) in [5.41, 5.74) is 2.63. The van der Waals surface area contributed by atoms with Crippen molar-refractivity contribution in [1.29, 1.82) is 0 Å². The topological polar surface area (TPSA) is 57.7 Å². The number of para-hydroxylation sites is 1. The molecule has 1 aromatic carbocycles. The van der Waals surface area contributed by atoms with Gasteiger partial charge in [-0.1, -0.05) is 18.2 Å². The van der Waals surface area contributed by atoms with Gasteiger partial charge in [0, 0.05) is 56.9 Å². The van der Waals surface area contributed by atoms with E-state index in [0.717, 1.165) is 44.8 Å². The summed E-state index contributed by atoms with van der Waals surface area (Å²) in [6, 6.07) is 14.1. The molecule has 27 heavy (non-hydrogen) atoms. The van der Waals surface area contributed by atoms with Gasteiger partial charge < -0.3 is 19.9 Å². The predicted octanol–water partition coefficient (Wildman–Crippen LogP) is 2.63. The van der Waals surface area contributed by atoms with E-state index in [0.29, 0.717) is 18.8 Å². The van der Waals surface area contributed by atoms with Gasteiger partial charge in [0.05, 0.1) is 6.10 Å². The number of benzene rings is 1. The van der Waals surface area contributed by atoms with Gasteiger partial charge in [0.2, 0.25) is 0 Å². The minimum Gasteiger partial charge on any atom is -0.382 e. The summed E-state index contributed by atoms with van der Waals surface area (Å²) >= 11 is 0. The summed E-state index contributed by atoms with van der Waals surface area (Å²) < 4.78 is 5.64. The Morgan fingerprint density at radius 2 is 1.96 bits per heavy atom. The SMILES string of the molecule is O=C(c1cc(NCC2CCCO2)ccn1)N1CCN(c2ccccc2)CC1. The molecule has 2 aromatic rings. The number of piperazine rings is 1. The number of rotatable bonds is 5. The average Bonchev–Trinajstić information content (AvgIpc) is 3.26. The van der Waals surface area contributed by atoms with Crippen LogP contribution in [0.2, 0.25) is 0 Å². The highest BCUT2D eigenvalue weighted by Crippen LogP contribution is 2.18. The van der Waals surface area contributed by atoms with Crippen molar-refractivity contribution < 1.29 is 9.53 Å².